The molecule has 0 saturated heterocycles. The van der Waals surface area contributed by atoms with E-state index in [1.165, 1.54) is 18.4 Å². The zero-order chi connectivity index (χ0) is 13.5. The lowest BCUT2D eigenvalue weighted by Gasteiger charge is -2.12. The van der Waals surface area contributed by atoms with Gasteiger partial charge in [0.15, 0.2) is 11.9 Å². The average molecular weight is 268 g/mol. The van der Waals surface area contributed by atoms with E-state index in [-0.39, 0.29) is 6.10 Å². The van der Waals surface area contributed by atoms with E-state index in [0.29, 0.717) is 11.7 Å². The minimum atomic E-state index is -0.113. The Balaban J connectivity index is 1.67. The smallest absolute Gasteiger partial charge is 0.172 e. The van der Waals surface area contributed by atoms with E-state index in [9.17, 15) is 0 Å². The molecule has 1 aromatic heterocycles. The summed E-state index contributed by atoms with van der Waals surface area (Å²) in [5, 5.41) is 0. The van der Waals surface area contributed by atoms with E-state index in [0.717, 1.165) is 23.7 Å². The van der Waals surface area contributed by atoms with Gasteiger partial charge >= 0.3 is 0 Å². The number of hydrogen-bond acceptors (Lipinski definition) is 5. The van der Waals surface area contributed by atoms with Crippen LogP contribution >= 0.6 is 0 Å². The summed E-state index contributed by atoms with van der Waals surface area (Å²) in [5.41, 5.74) is 4.91. The van der Waals surface area contributed by atoms with Gasteiger partial charge in [0.05, 0.1) is 0 Å². The largest absolute Gasteiger partial charge is 0.482 e. The number of benzene rings is 1. The molecule has 2 heterocycles. The second-order valence-electron chi connectivity index (χ2n) is 5.37. The molecule has 0 radical (unpaired) electrons. The summed E-state index contributed by atoms with van der Waals surface area (Å²) < 4.78 is 5.95. The van der Waals surface area contributed by atoms with Crippen LogP contribution in [0.4, 0.5) is 5.82 Å². The van der Waals surface area contributed by atoms with Crippen LogP contribution in [0.5, 0.6) is 5.75 Å². The van der Waals surface area contributed by atoms with Crippen LogP contribution in [0.1, 0.15) is 41.9 Å². The third-order valence-electron chi connectivity index (χ3n) is 3.84. The second-order valence-corrected chi connectivity index (χ2v) is 5.37. The number of aromatic nitrogens is 2. The minimum Gasteiger partial charge on any atom is -0.482 e. The van der Waals surface area contributed by atoms with E-state index < -0.39 is 0 Å². The van der Waals surface area contributed by atoms with Gasteiger partial charge < -0.3 is 10.2 Å². The fourth-order valence-electron chi connectivity index (χ4n) is 2.62. The number of ether oxygens (including phenoxy) is 1. The Morgan fingerprint density at radius 1 is 1.20 bits per heavy atom. The van der Waals surface area contributed by atoms with E-state index in [2.05, 4.69) is 21.5 Å². The maximum atomic E-state index is 5.95. The summed E-state index contributed by atoms with van der Waals surface area (Å²) in [6.45, 7) is 0. The lowest BCUT2D eigenvalue weighted by atomic mass is 10.1. The quantitative estimate of drug-likeness (QED) is 0.660. The molecule has 1 aliphatic heterocycles. The molecule has 1 atom stereocenters. The molecule has 0 amide bonds. The molecule has 1 fully saturated rings. The van der Waals surface area contributed by atoms with Crippen molar-refractivity contribution in [3.8, 4) is 5.75 Å². The van der Waals surface area contributed by atoms with Crippen LogP contribution < -0.4 is 16.0 Å². The third-order valence-corrected chi connectivity index (χ3v) is 3.84. The molecule has 0 bridgehead atoms. The van der Waals surface area contributed by atoms with E-state index >= 15 is 0 Å². The number of hydrogen-bond donors (Lipinski definition) is 2. The van der Waals surface area contributed by atoms with Gasteiger partial charge in [0.25, 0.3) is 0 Å². The van der Waals surface area contributed by atoms with Crippen LogP contribution in [0.25, 0.3) is 0 Å². The molecule has 102 valence electrons. The highest BCUT2D eigenvalue weighted by atomic mass is 16.5. The average Bonchev–Trinajstić information content (AvgIpc) is 3.25. The summed E-state index contributed by atoms with van der Waals surface area (Å²) in [7, 11) is 0. The summed E-state index contributed by atoms with van der Waals surface area (Å²) >= 11 is 0. The van der Waals surface area contributed by atoms with E-state index in [1.54, 1.807) is 0 Å². The summed E-state index contributed by atoms with van der Waals surface area (Å²) in [6.07, 6.45) is 3.10. The summed E-state index contributed by atoms with van der Waals surface area (Å²) in [4.78, 5) is 9.13. The van der Waals surface area contributed by atoms with Gasteiger partial charge in [0.1, 0.15) is 11.6 Å². The van der Waals surface area contributed by atoms with Crippen molar-refractivity contribution in [1.29, 1.82) is 0 Å². The second kappa shape index (κ2) is 4.45. The highest BCUT2D eigenvalue weighted by Gasteiger charge is 2.30. The number of nitrogen functional groups attached to an aromatic ring is 1. The Morgan fingerprint density at radius 3 is 2.80 bits per heavy atom. The molecule has 1 saturated carbocycles. The molecule has 5 heteroatoms. The molecule has 2 aromatic rings. The van der Waals surface area contributed by atoms with Crippen LogP contribution in [0, 0.1) is 0 Å². The third kappa shape index (κ3) is 2.00. The molecule has 20 heavy (non-hydrogen) atoms. The fraction of sp³-hybridized carbons (Fsp3) is 0.333. The Morgan fingerprint density at radius 2 is 2.05 bits per heavy atom. The number of nitrogens with one attached hydrogen (secondary N) is 1. The predicted octanol–water partition coefficient (Wildman–Crippen LogP) is 2.32. The fourth-order valence-corrected chi connectivity index (χ4v) is 2.62. The van der Waals surface area contributed by atoms with Gasteiger partial charge in [-0.1, -0.05) is 18.2 Å². The SMILES string of the molecule is NNc1cc(C2CC2)nc(C2Cc3ccccc3O2)n1. The first-order valence-electron chi connectivity index (χ1n) is 6.93. The van der Waals surface area contributed by atoms with Crippen LogP contribution in [-0.2, 0) is 6.42 Å². The molecule has 2 aliphatic rings. The Labute approximate surface area is 117 Å². The number of fused-ring (bicyclic) bond motifs is 1. The number of nitrogens with zero attached hydrogens (tertiary/aromatic N) is 2. The Hall–Kier alpha value is -2.14. The summed E-state index contributed by atoms with van der Waals surface area (Å²) in [5.74, 6) is 8.39. The zero-order valence-corrected chi connectivity index (χ0v) is 11.0. The lowest BCUT2D eigenvalue weighted by molar-refractivity contribution is 0.227. The molecular weight excluding hydrogens is 252 g/mol. The molecule has 1 aliphatic carbocycles. The van der Waals surface area contributed by atoms with Crippen molar-refractivity contribution in [2.45, 2.75) is 31.3 Å². The Bertz CT molecular complexity index is 629. The van der Waals surface area contributed by atoms with Crippen molar-refractivity contribution < 1.29 is 4.74 Å². The molecular formula is C15H16N4O. The normalized spacial score (nSPS) is 20.4. The summed E-state index contributed by atoms with van der Waals surface area (Å²) in [6, 6.07) is 10.0. The van der Waals surface area contributed by atoms with Gasteiger partial charge in [-0.3, -0.25) is 0 Å². The van der Waals surface area contributed by atoms with Crippen molar-refractivity contribution >= 4 is 5.82 Å². The van der Waals surface area contributed by atoms with Crippen molar-refractivity contribution in [3.05, 3.63) is 47.4 Å². The first-order valence-corrected chi connectivity index (χ1v) is 6.93. The highest BCUT2D eigenvalue weighted by Crippen LogP contribution is 2.41. The maximum absolute atomic E-state index is 5.95. The van der Waals surface area contributed by atoms with Gasteiger partial charge in [0.2, 0.25) is 0 Å². The standard InChI is InChI=1S/C15H16N4O/c16-19-14-8-11(9-5-6-9)17-15(18-14)13-7-10-3-1-2-4-12(10)20-13/h1-4,8-9,13H,5-7,16H2,(H,17,18,19). The van der Waals surface area contributed by atoms with E-state index in [4.69, 9.17) is 10.6 Å². The topological polar surface area (TPSA) is 73.1 Å². The van der Waals surface area contributed by atoms with Gasteiger partial charge in [-0.05, 0) is 24.5 Å². The van der Waals surface area contributed by atoms with Gasteiger partial charge in [-0.2, -0.15) is 0 Å². The molecule has 0 spiro atoms. The van der Waals surface area contributed by atoms with Crippen molar-refractivity contribution in [2.24, 2.45) is 5.84 Å². The van der Waals surface area contributed by atoms with Crippen molar-refractivity contribution in [2.75, 3.05) is 5.43 Å². The van der Waals surface area contributed by atoms with E-state index in [1.807, 2.05) is 24.3 Å². The molecule has 4 rings (SSSR count). The van der Waals surface area contributed by atoms with Crippen molar-refractivity contribution in [3.63, 3.8) is 0 Å². The molecule has 5 nitrogen and oxygen atoms in total. The number of nitrogens with two attached hydrogens (primary N) is 1. The number of rotatable bonds is 3. The van der Waals surface area contributed by atoms with Crippen LogP contribution in [0.15, 0.2) is 30.3 Å². The lowest BCUT2D eigenvalue weighted by Crippen LogP contribution is -2.15. The van der Waals surface area contributed by atoms with Gasteiger partial charge in [-0.25, -0.2) is 15.8 Å². The first-order chi connectivity index (χ1) is 9.83. The van der Waals surface area contributed by atoms with Crippen LogP contribution in [0.2, 0.25) is 0 Å². The maximum Gasteiger partial charge on any atom is 0.172 e. The van der Waals surface area contributed by atoms with Gasteiger partial charge in [0, 0.05) is 24.1 Å². The first kappa shape index (κ1) is 11.7. The molecule has 1 aromatic carbocycles. The van der Waals surface area contributed by atoms with Gasteiger partial charge in [-0.15, -0.1) is 0 Å². The zero-order valence-electron chi connectivity index (χ0n) is 11.0. The highest BCUT2D eigenvalue weighted by molar-refractivity contribution is 5.40. The number of anilines is 1. The number of para-hydroxylation sites is 1. The molecule has 3 N–H and O–H groups in total. The van der Waals surface area contributed by atoms with Crippen molar-refractivity contribution in [1.82, 2.24) is 9.97 Å². The predicted molar refractivity (Wildman–Crippen MR) is 75.3 cm³/mol. The Kier molecular flexibility index (Phi) is 2.60. The monoisotopic (exact) mass is 268 g/mol. The molecule has 1 unspecified atom stereocenters. The van der Waals surface area contributed by atoms with Crippen LogP contribution in [0.3, 0.4) is 0 Å². The van der Waals surface area contributed by atoms with Crippen LogP contribution in [-0.4, -0.2) is 9.97 Å². The number of hydrazine groups is 1. The minimum absolute atomic E-state index is 0.113.